The van der Waals surface area contributed by atoms with Crippen molar-refractivity contribution in [1.29, 1.82) is 5.26 Å². The zero-order chi connectivity index (χ0) is 20.8. The highest BCUT2D eigenvalue weighted by Crippen LogP contribution is 2.22. The Morgan fingerprint density at radius 1 is 1.48 bits per heavy atom. The summed E-state index contributed by atoms with van der Waals surface area (Å²) in [5, 5.41) is 11.8. The van der Waals surface area contributed by atoms with Crippen LogP contribution in [0.2, 0.25) is 0 Å². The molecule has 154 valence electrons. The maximum atomic E-state index is 13.3. The van der Waals surface area contributed by atoms with E-state index in [1.165, 1.54) is 0 Å². The number of hydrogen-bond donors (Lipinski definition) is 0. The highest BCUT2D eigenvalue weighted by Gasteiger charge is 2.25. The van der Waals surface area contributed by atoms with Gasteiger partial charge in [0.1, 0.15) is 11.6 Å². The molecule has 0 radical (unpaired) electrons. The van der Waals surface area contributed by atoms with Gasteiger partial charge >= 0.3 is 0 Å². The van der Waals surface area contributed by atoms with Gasteiger partial charge < -0.3 is 14.2 Å². The number of ether oxygens (including phenoxy) is 1. The van der Waals surface area contributed by atoms with Crippen molar-refractivity contribution in [3.05, 3.63) is 51.0 Å². The Balaban J connectivity index is 1.86. The molecule has 1 amide bonds. The van der Waals surface area contributed by atoms with Crippen LogP contribution in [0.15, 0.2) is 29.2 Å². The Kier molecular flexibility index (Phi) is 7.29. The van der Waals surface area contributed by atoms with Gasteiger partial charge in [0.25, 0.3) is 5.91 Å². The summed E-state index contributed by atoms with van der Waals surface area (Å²) in [5.74, 6) is -0.225. The molecule has 1 aliphatic rings. The molecule has 6 heteroatoms. The average molecular weight is 412 g/mol. The van der Waals surface area contributed by atoms with Gasteiger partial charge in [0, 0.05) is 36.0 Å². The zero-order valence-corrected chi connectivity index (χ0v) is 18.3. The van der Waals surface area contributed by atoms with Crippen LogP contribution in [0.25, 0.3) is 6.08 Å². The van der Waals surface area contributed by atoms with E-state index in [9.17, 15) is 10.1 Å². The first kappa shape index (κ1) is 21.4. The summed E-state index contributed by atoms with van der Waals surface area (Å²) < 4.78 is 7.99. The molecule has 0 spiro atoms. The quantitative estimate of drug-likeness (QED) is 0.468. The second-order valence-electron chi connectivity index (χ2n) is 7.55. The number of amides is 1. The lowest BCUT2D eigenvalue weighted by Crippen LogP contribution is -2.37. The molecule has 2 aromatic rings. The fraction of sp³-hybridized carbons (Fsp3) is 0.478. The second kappa shape index (κ2) is 9.91. The third kappa shape index (κ3) is 5.17. The van der Waals surface area contributed by atoms with Crippen LogP contribution in [0.5, 0.6) is 0 Å². The minimum Gasteiger partial charge on any atom is -0.376 e. The molecule has 0 saturated carbocycles. The number of aryl methyl sites for hydroxylation is 1. The molecular formula is C23H29N3O2S. The van der Waals surface area contributed by atoms with Gasteiger partial charge in [-0.05, 0) is 62.3 Å². The second-order valence-corrected chi connectivity index (χ2v) is 8.58. The van der Waals surface area contributed by atoms with Crippen molar-refractivity contribution in [2.24, 2.45) is 0 Å². The molecule has 1 aliphatic heterocycles. The van der Waals surface area contributed by atoms with Crippen molar-refractivity contribution in [2.45, 2.75) is 59.2 Å². The largest absolute Gasteiger partial charge is 0.376 e. The average Bonchev–Trinajstić information content (AvgIpc) is 3.45. The van der Waals surface area contributed by atoms with Crippen LogP contribution in [0.1, 0.15) is 48.0 Å². The number of carbonyl (C=O) groups is 1. The number of hydrogen-bond acceptors (Lipinski definition) is 4. The lowest BCUT2D eigenvalue weighted by atomic mass is 10.1. The van der Waals surface area contributed by atoms with Gasteiger partial charge in [0.15, 0.2) is 0 Å². The summed E-state index contributed by atoms with van der Waals surface area (Å²) in [5.41, 5.74) is 3.36. The Hall–Kier alpha value is -2.36. The lowest BCUT2D eigenvalue weighted by Gasteiger charge is -2.24. The van der Waals surface area contributed by atoms with Crippen molar-refractivity contribution in [2.75, 3.05) is 13.2 Å². The molecular weight excluding hydrogens is 382 g/mol. The maximum Gasteiger partial charge on any atom is 0.264 e. The molecule has 3 rings (SSSR count). The summed E-state index contributed by atoms with van der Waals surface area (Å²) >= 11 is 1.62. The van der Waals surface area contributed by atoms with Gasteiger partial charge in [-0.15, -0.1) is 11.3 Å². The maximum absolute atomic E-state index is 13.3. The predicted molar refractivity (Wildman–Crippen MR) is 116 cm³/mol. The monoisotopic (exact) mass is 411 g/mol. The van der Waals surface area contributed by atoms with Crippen LogP contribution < -0.4 is 0 Å². The SMILES string of the molecule is CCCn1c(C)cc(/C=C(\C#N)C(=O)N(Cc2cccs2)CC2CCCO2)c1C. The summed E-state index contributed by atoms with van der Waals surface area (Å²) in [4.78, 5) is 16.2. The molecule has 2 aromatic heterocycles. The van der Waals surface area contributed by atoms with E-state index in [0.29, 0.717) is 13.1 Å². The van der Waals surface area contributed by atoms with Gasteiger partial charge in [-0.25, -0.2) is 0 Å². The van der Waals surface area contributed by atoms with Crippen molar-refractivity contribution in [1.82, 2.24) is 9.47 Å². The molecule has 0 N–H and O–H groups in total. The summed E-state index contributed by atoms with van der Waals surface area (Å²) in [6, 6.07) is 8.21. The van der Waals surface area contributed by atoms with E-state index in [-0.39, 0.29) is 17.6 Å². The molecule has 1 atom stereocenters. The summed E-state index contributed by atoms with van der Waals surface area (Å²) in [6.45, 7) is 8.96. The van der Waals surface area contributed by atoms with E-state index in [1.54, 1.807) is 22.3 Å². The molecule has 29 heavy (non-hydrogen) atoms. The molecule has 1 unspecified atom stereocenters. The first-order chi connectivity index (χ1) is 14.0. The molecule has 5 nitrogen and oxygen atoms in total. The van der Waals surface area contributed by atoms with Gasteiger partial charge in [-0.3, -0.25) is 4.79 Å². The Morgan fingerprint density at radius 2 is 2.31 bits per heavy atom. The molecule has 0 aromatic carbocycles. The van der Waals surface area contributed by atoms with Crippen LogP contribution in [0.3, 0.4) is 0 Å². The van der Waals surface area contributed by atoms with Crippen molar-refractivity contribution >= 4 is 23.3 Å². The number of thiophene rings is 1. The Morgan fingerprint density at radius 3 is 2.93 bits per heavy atom. The summed E-state index contributed by atoms with van der Waals surface area (Å²) in [7, 11) is 0. The smallest absolute Gasteiger partial charge is 0.264 e. The van der Waals surface area contributed by atoms with E-state index in [2.05, 4.69) is 30.6 Å². The number of nitriles is 1. The number of nitrogens with zero attached hydrogens (tertiary/aromatic N) is 3. The normalized spacial score (nSPS) is 16.8. The van der Waals surface area contributed by atoms with Gasteiger partial charge in [0.05, 0.1) is 12.6 Å². The zero-order valence-electron chi connectivity index (χ0n) is 17.5. The fourth-order valence-corrected chi connectivity index (χ4v) is 4.57. The van der Waals surface area contributed by atoms with Crippen molar-refractivity contribution in [3.63, 3.8) is 0 Å². The van der Waals surface area contributed by atoms with E-state index in [1.807, 2.05) is 24.4 Å². The van der Waals surface area contributed by atoms with E-state index >= 15 is 0 Å². The highest BCUT2D eigenvalue weighted by molar-refractivity contribution is 7.09. The molecule has 0 bridgehead atoms. The lowest BCUT2D eigenvalue weighted by molar-refractivity contribution is -0.128. The van der Waals surface area contributed by atoms with Gasteiger partial charge in [-0.2, -0.15) is 5.26 Å². The molecule has 0 aliphatic carbocycles. The number of carbonyl (C=O) groups excluding carboxylic acids is 1. The third-order valence-electron chi connectivity index (χ3n) is 5.37. The Labute approximate surface area is 177 Å². The molecule has 3 heterocycles. The Bertz CT molecular complexity index is 899. The van der Waals surface area contributed by atoms with E-state index in [4.69, 9.17) is 4.74 Å². The van der Waals surface area contributed by atoms with Crippen LogP contribution in [-0.2, 0) is 22.6 Å². The standard InChI is InChI=1S/C23H29N3O2S/c1-4-9-26-17(2)12-19(18(26)3)13-20(14-24)23(27)25(15-21-7-5-10-28-21)16-22-8-6-11-29-22/h6,8,11-13,21H,4-5,7,9-10,15-16H2,1-3H3/b20-13+. The minimum atomic E-state index is -0.225. The molecule has 1 fully saturated rings. The van der Waals surface area contributed by atoms with E-state index in [0.717, 1.165) is 54.2 Å². The van der Waals surface area contributed by atoms with Crippen LogP contribution in [-0.4, -0.2) is 34.6 Å². The topological polar surface area (TPSA) is 58.3 Å². The van der Waals surface area contributed by atoms with Crippen molar-refractivity contribution < 1.29 is 9.53 Å². The van der Waals surface area contributed by atoms with Crippen LogP contribution in [0, 0.1) is 25.2 Å². The highest BCUT2D eigenvalue weighted by atomic mass is 32.1. The number of aromatic nitrogens is 1. The molecule has 1 saturated heterocycles. The van der Waals surface area contributed by atoms with E-state index < -0.39 is 0 Å². The first-order valence-corrected chi connectivity index (χ1v) is 11.1. The van der Waals surface area contributed by atoms with Crippen LogP contribution in [0.4, 0.5) is 0 Å². The first-order valence-electron chi connectivity index (χ1n) is 10.2. The summed E-state index contributed by atoms with van der Waals surface area (Å²) in [6.07, 6.45) is 4.81. The number of rotatable bonds is 8. The van der Waals surface area contributed by atoms with Crippen molar-refractivity contribution in [3.8, 4) is 6.07 Å². The van der Waals surface area contributed by atoms with Crippen LogP contribution >= 0.6 is 11.3 Å². The van der Waals surface area contributed by atoms with Gasteiger partial charge in [0.2, 0.25) is 0 Å². The fourth-order valence-electron chi connectivity index (χ4n) is 3.85. The third-order valence-corrected chi connectivity index (χ3v) is 6.23. The minimum absolute atomic E-state index is 0.0495. The van der Waals surface area contributed by atoms with Gasteiger partial charge in [-0.1, -0.05) is 13.0 Å². The predicted octanol–water partition coefficient (Wildman–Crippen LogP) is 4.69.